The molecule has 1 aliphatic heterocycles. The number of ether oxygens (including phenoxy) is 1. The Hall–Kier alpha value is -2.56. The van der Waals surface area contributed by atoms with Gasteiger partial charge in [-0.05, 0) is 45.8 Å². The fourth-order valence-electron chi connectivity index (χ4n) is 4.16. The Morgan fingerprint density at radius 3 is 2.68 bits per heavy atom. The highest BCUT2D eigenvalue weighted by Gasteiger charge is 2.34. The number of amides is 1. The molecule has 0 unspecified atom stereocenters. The minimum absolute atomic E-state index is 0.0987. The van der Waals surface area contributed by atoms with E-state index in [0.717, 1.165) is 23.8 Å². The van der Waals surface area contributed by atoms with Crippen LogP contribution < -0.4 is 0 Å². The predicted octanol–water partition coefficient (Wildman–Crippen LogP) is 5.13. The van der Waals surface area contributed by atoms with E-state index in [9.17, 15) is 4.79 Å². The molecule has 0 radical (unpaired) electrons. The highest BCUT2D eigenvalue weighted by atomic mass is 16.5. The van der Waals surface area contributed by atoms with Crippen molar-refractivity contribution in [2.45, 2.75) is 65.0 Å². The van der Waals surface area contributed by atoms with E-state index in [1.54, 1.807) is 4.90 Å². The van der Waals surface area contributed by atoms with Crippen LogP contribution in [0.5, 0.6) is 0 Å². The number of carbonyl (C=O) groups is 1. The van der Waals surface area contributed by atoms with Crippen LogP contribution in [0.1, 0.15) is 64.5 Å². The van der Waals surface area contributed by atoms with Crippen LogP contribution in [0.4, 0.5) is 0 Å². The van der Waals surface area contributed by atoms with Crippen molar-refractivity contribution in [2.24, 2.45) is 4.99 Å². The van der Waals surface area contributed by atoms with E-state index in [1.165, 1.54) is 24.8 Å². The normalized spacial score (nSPS) is 21.4. The van der Waals surface area contributed by atoms with Gasteiger partial charge >= 0.3 is 6.02 Å². The molecular weight excluding hydrogens is 350 g/mol. The van der Waals surface area contributed by atoms with E-state index < -0.39 is 0 Å². The lowest BCUT2D eigenvalue weighted by Crippen LogP contribution is -2.30. The van der Waals surface area contributed by atoms with Crippen LogP contribution in [0.2, 0.25) is 0 Å². The van der Waals surface area contributed by atoms with Gasteiger partial charge < -0.3 is 9.30 Å². The number of hydrogen-bond acceptors (Lipinski definition) is 3. The number of likely N-dealkylation sites (N-methyl/N-ethyl adjacent to an activating group) is 1. The van der Waals surface area contributed by atoms with Gasteiger partial charge in [0, 0.05) is 35.2 Å². The summed E-state index contributed by atoms with van der Waals surface area (Å²) in [4.78, 5) is 19.3. The summed E-state index contributed by atoms with van der Waals surface area (Å²) in [6.45, 7) is 6.85. The third kappa shape index (κ3) is 3.46. The molecular formula is C23H29N3O2. The highest BCUT2D eigenvalue weighted by Crippen LogP contribution is 2.29. The number of aromatic nitrogens is 1. The van der Waals surface area contributed by atoms with Crippen LogP contribution in [0.25, 0.3) is 17.0 Å². The van der Waals surface area contributed by atoms with E-state index in [-0.39, 0.29) is 11.9 Å². The molecule has 5 nitrogen and oxygen atoms in total. The molecule has 1 saturated carbocycles. The number of nitrogens with zero attached hydrogens (tertiary/aromatic N) is 3. The largest absolute Gasteiger partial charge is 0.420 e. The number of fused-ring (bicyclic) bond motifs is 1. The smallest absolute Gasteiger partial charge is 0.300 e. The lowest BCUT2D eigenvalue weighted by atomic mass is 9.96. The van der Waals surface area contributed by atoms with Gasteiger partial charge in [-0.1, -0.05) is 37.5 Å². The molecule has 28 heavy (non-hydrogen) atoms. The van der Waals surface area contributed by atoms with E-state index in [4.69, 9.17) is 9.73 Å². The van der Waals surface area contributed by atoms with Crippen LogP contribution in [-0.4, -0.2) is 34.0 Å². The Kier molecular flexibility index (Phi) is 5.25. The summed E-state index contributed by atoms with van der Waals surface area (Å²) in [6, 6.07) is 9.36. The molecule has 5 heteroatoms. The van der Waals surface area contributed by atoms with Gasteiger partial charge in [0.1, 0.15) is 0 Å². The fraction of sp³-hybridized carbons (Fsp3) is 0.478. The summed E-state index contributed by atoms with van der Waals surface area (Å²) < 4.78 is 8.21. The van der Waals surface area contributed by atoms with Crippen LogP contribution in [0.15, 0.2) is 41.2 Å². The second-order valence-corrected chi connectivity index (χ2v) is 7.97. The Morgan fingerprint density at radius 1 is 1.21 bits per heavy atom. The monoisotopic (exact) mass is 379 g/mol. The van der Waals surface area contributed by atoms with Crippen molar-refractivity contribution in [3.05, 3.63) is 41.8 Å². The first-order valence-electron chi connectivity index (χ1n) is 10.5. The van der Waals surface area contributed by atoms with E-state index in [1.807, 2.05) is 25.1 Å². The standard InChI is InChI=1S/C23H29N3O2/c1-4-25-22(27)21(28-23(25)24-18-10-6-5-7-11-18)14-17-15-26(16(2)3)20-13-9-8-12-19(17)20/h8-9,12-16,18H,4-7,10-11H2,1-3H3/b21-14+,24-23+. The number of rotatable bonds is 4. The second-order valence-electron chi connectivity index (χ2n) is 7.97. The third-order valence-electron chi connectivity index (χ3n) is 5.69. The predicted molar refractivity (Wildman–Crippen MR) is 113 cm³/mol. The van der Waals surface area contributed by atoms with Crippen molar-refractivity contribution in [2.75, 3.05) is 6.54 Å². The van der Waals surface area contributed by atoms with Crippen molar-refractivity contribution in [3.8, 4) is 0 Å². The molecule has 1 aromatic heterocycles. The quantitative estimate of drug-likeness (QED) is 0.691. The zero-order valence-corrected chi connectivity index (χ0v) is 17.0. The zero-order chi connectivity index (χ0) is 19.7. The van der Waals surface area contributed by atoms with Crippen molar-refractivity contribution in [3.63, 3.8) is 0 Å². The number of aliphatic imine (C=N–C) groups is 1. The highest BCUT2D eigenvalue weighted by molar-refractivity contribution is 6.12. The molecule has 0 N–H and O–H groups in total. The molecule has 4 rings (SSSR count). The summed E-state index contributed by atoms with van der Waals surface area (Å²) in [5.41, 5.74) is 2.17. The molecule has 2 fully saturated rings. The molecule has 2 aliphatic rings. The first-order chi connectivity index (χ1) is 13.6. The zero-order valence-electron chi connectivity index (χ0n) is 17.0. The van der Waals surface area contributed by atoms with Crippen LogP contribution in [-0.2, 0) is 9.53 Å². The molecule has 1 amide bonds. The Morgan fingerprint density at radius 2 is 1.96 bits per heavy atom. The second kappa shape index (κ2) is 7.82. The number of benzene rings is 1. The molecule has 2 aromatic rings. The number of carbonyl (C=O) groups excluding carboxylic acids is 1. The van der Waals surface area contributed by atoms with Crippen molar-refractivity contribution < 1.29 is 9.53 Å². The first-order valence-corrected chi connectivity index (χ1v) is 10.5. The van der Waals surface area contributed by atoms with E-state index in [2.05, 4.69) is 36.7 Å². The summed E-state index contributed by atoms with van der Waals surface area (Å²) in [5.74, 6) is 0.265. The van der Waals surface area contributed by atoms with Gasteiger partial charge in [-0.3, -0.25) is 9.69 Å². The summed E-state index contributed by atoms with van der Waals surface area (Å²) in [7, 11) is 0. The molecule has 148 valence electrons. The van der Waals surface area contributed by atoms with E-state index in [0.29, 0.717) is 24.4 Å². The van der Waals surface area contributed by atoms with Gasteiger partial charge in [0.25, 0.3) is 5.91 Å². The van der Waals surface area contributed by atoms with E-state index >= 15 is 0 Å². The van der Waals surface area contributed by atoms with Crippen molar-refractivity contribution in [1.82, 2.24) is 9.47 Å². The SMILES string of the molecule is CCN1C(=O)/C(=C\c2cn(C(C)C)c3ccccc23)O/C1=N/C1CCCCC1. The van der Waals surface area contributed by atoms with Gasteiger partial charge in [0.2, 0.25) is 0 Å². The molecule has 1 saturated heterocycles. The average Bonchev–Trinajstić information content (AvgIpc) is 3.21. The molecule has 2 heterocycles. The maximum absolute atomic E-state index is 12.9. The van der Waals surface area contributed by atoms with Crippen molar-refractivity contribution in [1.29, 1.82) is 0 Å². The van der Waals surface area contributed by atoms with Crippen LogP contribution in [0.3, 0.4) is 0 Å². The molecule has 1 aliphatic carbocycles. The van der Waals surface area contributed by atoms with Crippen LogP contribution >= 0.6 is 0 Å². The summed E-state index contributed by atoms with van der Waals surface area (Å²) >= 11 is 0. The minimum Gasteiger partial charge on any atom is -0.420 e. The van der Waals surface area contributed by atoms with Gasteiger partial charge in [-0.15, -0.1) is 0 Å². The fourth-order valence-corrected chi connectivity index (χ4v) is 4.16. The lowest BCUT2D eigenvalue weighted by Gasteiger charge is -2.19. The molecule has 0 bridgehead atoms. The first kappa shape index (κ1) is 18.8. The lowest BCUT2D eigenvalue weighted by molar-refractivity contribution is -0.122. The minimum atomic E-state index is -0.0987. The topological polar surface area (TPSA) is 46.8 Å². The Balaban J connectivity index is 1.69. The molecule has 0 spiro atoms. The van der Waals surface area contributed by atoms with Gasteiger partial charge in [0.05, 0.1) is 6.04 Å². The number of para-hydroxylation sites is 1. The van der Waals surface area contributed by atoms with Gasteiger partial charge in [-0.25, -0.2) is 4.99 Å². The van der Waals surface area contributed by atoms with Crippen LogP contribution in [0, 0.1) is 0 Å². The van der Waals surface area contributed by atoms with Crippen molar-refractivity contribution >= 4 is 28.9 Å². The maximum Gasteiger partial charge on any atom is 0.300 e. The Labute approximate surface area is 166 Å². The average molecular weight is 380 g/mol. The summed E-state index contributed by atoms with van der Waals surface area (Å²) in [5, 5.41) is 1.13. The van der Waals surface area contributed by atoms with Gasteiger partial charge in [0.15, 0.2) is 5.76 Å². The number of amidine groups is 1. The number of hydrogen-bond donors (Lipinski definition) is 0. The molecule has 1 aromatic carbocycles. The molecule has 0 atom stereocenters. The third-order valence-corrected chi connectivity index (χ3v) is 5.69. The summed E-state index contributed by atoms with van der Waals surface area (Å²) in [6.07, 6.45) is 9.84. The Bertz CT molecular complexity index is 932. The van der Waals surface area contributed by atoms with Gasteiger partial charge in [-0.2, -0.15) is 0 Å². The maximum atomic E-state index is 12.9.